The third-order valence-corrected chi connectivity index (χ3v) is 3.42. The van der Waals surface area contributed by atoms with Crippen molar-refractivity contribution in [3.63, 3.8) is 0 Å². The van der Waals surface area contributed by atoms with Crippen LogP contribution in [0, 0.1) is 5.92 Å². The van der Waals surface area contributed by atoms with Crippen LogP contribution in [0.5, 0.6) is 5.75 Å². The van der Waals surface area contributed by atoms with Gasteiger partial charge in [0.05, 0.1) is 12.6 Å². The van der Waals surface area contributed by atoms with Crippen LogP contribution in [-0.4, -0.2) is 42.7 Å². The predicted molar refractivity (Wildman–Crippen MR) is 101 cm³/mol. The molecule has 150 valence electrons. The summed E-state index contributed by atoms with van der Waals surface area (Å²) in [5.41, 5.74) is -0.222. The summed E-state index contributed by atoms with van der Waals surface area (Å²) in [5.74, 6) is -0.363. The molecule has 0 spiro atoms. The number of benzene rings is 1. The van der Waals surface area contributed by atoms with E-state index in [1.54, 1.807) is 52.0 Å². The third kappa shape index (κ3) is 8.11. The highest BCUT2D eigenvalue weighted by molar-refractivity contribution is 6.01. The van der Waals surface area contributed by atoms with Crippen LogP contribution in [0.25, 0.3) is 0 Å². The molecule has 0 unspecified atom stereocenters. The lowest BCUT2D eigenvalue weighted by Gasteiger charge is -2.25. The average molecular weight is 379 g/mol. The van der Waals surface area contributed by atoms with Crippen LogP contribution >= 0.6 is 0 Å². The van der Waals surface area contributed by atoms with Crippen molar-refractivity contribution in [3.05, 3.63) is 29.8 Å². The molecular formula is C20H29NO6. The van der Waals surface area contributed by atoms with Crippen molar-refractivity contribution < 1.29 is 28.6 Å². The highest BCUT2D eigenvalue weighted by atomic mass is 16.6. The molecule has 1 N–H and O–H groups in total. The zero-order valence-electron chi connectivity index (χ0n) is 16.8. The van der Waals surface area contributed by atoms with Crippen molar-refractivity contribution >= 4 is 17.8 Å². The molecule has 0 bridgehead atoms. The van der Waals surface area contributed by atoms with Gasteiger partial charge in [-0.15, -0.1) is 0 Å². The molecular weight excluding hydrogens is 350 g/mol. The summed E-state index contributed by atoms with van der Waals surface area (Å²) in [5, 5.41) is 2.64. The average Bonchev–Trinajstić information content (AvgIpc) is 2.56. The van der Waals surface area contributed by atoms with E-state index in [4.69, 9.17) is 14.2 Å². The number of ketones is 1. The maximum atomic E-state index is 12.8. The van der Waals surface area contributed by atoms with E-state index in [-0.39, 0.29) is 24.9 Å². The first-order valence-corrected chi connectivity index (χ1v) is 8.95. The van der Waals surface area contributed by atoms with Gasteiger partial charge in [-0.25, -0.2) is 9.59 Å². The van der Waals surface area contributed by atoms with Gasteiger partial charge in [-0.2, -0.15) is 0 Å². The quantitative estimate of drug-likeness (QED) is 0.550. The molecule has 0 saturated heterocycles. The molecule has 0 aliphatic heterocycles. The Morgan fingerprint density at radius 3 is 2.15 bits per heavy atom. The first-order chi connectivity index (χ1) is 12.5. The van der Waals surface area contributed by atoms with Gasteiger partial charge in [0, 0.05) is 5.56 Å². The number of esters is 1. The largest absolute Gasteiger partial charge is 0.482 e. The molecule has 1 atom stereocenters. The van der Waals surface area contributed by atoms with E-state index in [1.807, 2.05) is 13.8 Å². The fourth-order valence-corrected chi connectivity index (χ4v) is 2.21. The SMILES string of the molecule is CCOC(=O)COc1ccc(C(=O)[C@@H](NC(=O)OC(C)(C)C)C(C)C)cc1. The van der Waals surface area contributed by atoms with Gasteiger partial charge in [0.15, 0.2) is 12.4 Å². The Bertz CT molecular complexity index is 645. The smallest absolute Gasteiger partial charge is 0.408 e. The second kappa shape index (κ2) is 9.94. The predicted octanol–water partition coefficient (Wildman–Crippen LogP) is 3.36. The zero-order chi connectivity index (χ0) is 20.6. The van der Waals surface area contributed by atoms with Gasteiger partial charge in [-0.05, 0) is 57.9 Å². The molecule has 27 heavy (non-hydrogen) atoms. The third-order valence-electron chi connectivity index (χ3n) is 3.42. The van der Waals surface area contributed by atoms with Crippen molar-refractivity contribution in [2.45, 2.75) is 53.2 Å². The molecule has 0 fully saturated rings. The van der Waals surface area contributed by atoms with Gasteiger partial charge in [0.25, 0.3) is 0 Å². The lowest BCUT2D eigenvalue weighted by Crippen LogP contribution is -2.46. The summed E-state index contributed by atoms with van der Waals surface area (Å²) < 4.78 is 15.3. The molecule has 1 aromatic rings. The molecule has 1 rings (SSSR count). The molecule has 0 heterocycles. The summed E-state index contributed by atoms with van der Waals surface area (Å²) in [4.78, 5) is 36.1. The highest BCUT2D eigenvalue weighted by Gasteiger charge is 2.27. The van der Waals surface area contributed by atoms with Crippen molar-refractivity contribution in [1.82, 2.24) is 5.32 Å². The van der Waals surface area contributed by atoms with Crippen LogP contribution in [0.1, 0.15) is 51.9 Å². The van der Waals surface area contributed by atoms with Crippen molar-refractivity contribution in [2.75, 3.05) is 13.2 Å². The zero-order valence-corrected chi connectivity index (χ0v) is 16.8. The molecule has 1 amide bonds. The Balaban J connectivity index is 2.76. The standard InChI is InChI=1S/C20H29NO6/c1-7-25-16(22)12-26-15-10-8-14(9-11-15)18(23)17(13(2)3)21-19(24)27-20(4,5)6/h8-11,13,17H,7,12H2,1-6H3,(H,21,24)/t17-/m0/s1. The minimum atomic E-state index is -0.717. The number of ether oxygens (including phenoxy) is 3. The summed E-state index contributed by atoms with van der Waals surface area (Å²) >= 11 is 0. The van der Waals surface area contributed by atoms with Gasteiger partial charge < -0.3 is 19.5 Å². The monoisotopic (exact) mass is 379 g/mol. The fraction of sp³-hybridized carbons (Fsp3) is 0.550. The molecule has 0 saturated carbocycles. The minimum absolute atomic E-state index is 0.121. The van der Waals surface area contributed by atoms with Crippen molar-refractivity contribution in [1.29, 1.82) is 0 Å². The Labute approximate surface area is 160 Å². The van der Waals surface area contributed by atoms with E-state index in [0.717, 1.165) is 0 Å². The minimum Gasteiger partial charge on any atom is -0.482 e. The van der Waals surface area contributed by atoms with E-state index >= 15 is 0 Å². The van der Waals surface area contributed by atoms with Crippen LogP contribution in [0.3, 0.4) is 0 Å². The first-order valence-electron chi connectivity index (χ1n) is 8.95. The topological polar surface area (TPSA) is 90.9 Å². The number of hydrogen-bond donors (Lipinski definition) is 1. The van der Waals surface area contributed by atoms with Crippen LogP contribution < -0.4 is 10.1 Å². The number of carbonyl (C=O) groups is 3. The van der Waals surface area contributed by atoms with Crippen LogP contribution in [0.4, 0.5) is 4.79 Å². The van der Waals surface area contributed by atoms with E-state index < -0.39 is 23.7 Å². The molecule has 0 aliphatic rings. The molecule has 7 heteroatoms. The molecule has 0 aliphatic carbocycles. The molecule has 1 aromatic carbocycles. The summed E-state index contributed by atoms with van der Waals surface area (Å²) in [7, 11) is 0. The first kappa shape index (κ1) is 22.5. The van der Waals surface area contributed by atoms with Gasteiger partial charge in [-0.3, -0.25) is 4.79 Å². The number of carbonyl (C=O) groups excluding carboxylic acids is 3. The molecule has 0 radical (unpaired) electrons. The Morgan fingerprint density at radius 1 is 1.07 bits per heavy atom. The number of amides is 1. The molecule has 7 nitrogen and oxygen atoms in total. The number of rotatable bonds is 8. The maximum Gasteiger partial charge on any atom is 0.408 e. The van der Waals surface area contributed by atoms with Crippen LogP contribution in [-0.2, 0) is 14.3 Å². The maximum absolute atomic E-state index is 12.8. The summed E-state index contributed by atoms with van der Waals surface area (Å²) in [6, 6.07) is 5.66. The lowest BCUT2D eigenvalue weighted by molar-refractivity contribution is -0.145. The fourth-order valence-electron chi connectivity index (χ4n) is 2.21. The Kier molecular flexibility index (Phi) is 8.28. The van der Waals surface area contributed by atoms with Crippen LogP contribution in [0.2, 0.25) is 0 Å². The number of hydrogen-bond acceptors (Lipinski definition) is 6. The van der Waals surface area contributed by atoms with E-state index in [2.05, 4.69) is 5.32 Å². The van der Waals surface area contributed by atoms with E-state index in [9.17, 15) is 14.4 Å². The van der Waals surface area contributed by atoms with Gasteiger partial charge in [0.2, 0.25) is 0 Å². The summed E-state index contributed by atoms with van der Waals surface area (Å²) in [6.45, 7) is 10.8. The number of Topliss-reactive ketones (excluding diaryl/α,β-unsaturated/α-hetero) is 1. The summed E-state index contributed by atoms with van der Waals surface area (Å²) in [6.07, 6.45) is -0.635. The van der Waals surface area contributed by atoms with E-state index in [1.165, 1.54) is 0 Å². The second-order valence-electron chi connectivity index (χ2n) is 7.35. The highest BCUT2D eigenvalue weighted by Crippen LogP contribution is 2.17. The number of alkyl carbamates (subject to hydrolysis) is 1. The van der Waals surface area contributed by atoms with Crippen molar-refractivity contribution in [3.8, 4) is 5.75 Å². The van der Waals surface area contributed by atoms with Gasteiger partial charge >= 0.3 is 12.1 Å². The second-order valence-corrected chi connectivity index (χ2v) is 7.35. The van der Waals surface area contributed by atoms with Gasteiger partial charge in [-0.1, -0.05) is 13.8 Å². The van der Waals surface area contributed by atoms with Gasteiger partial charge in [0.1, 0.15) is 11.4 Å². The Morgan fingerprint density at radius 2 is 1.67 bits per heavy atom. The van der Waals surface area contributed by atoms with E-state index in [0.29, 0.717) is 11.3 Å². The lowest BCUT2D eigenvalue weighted by atomic mass is 9.95. The Hall–Kier alpha value is -2.57. The molecule has 0 aromatic heterocycles. The number of nitrogens with one attached hydrogen (secondary N) is 1. The van der Waals surface area contributed by atoms with Crippen LogP contribution in [0.15, 0.2) is 24.3 Å². The van der Waals surface area contributed by atoms with Crippen molar-refractivity contribution in [2.24, 2.45) is 5.92 Å². The normalized spacial score (nSPS) is 12.3.